The lowest BCUT2D eigenvalue weighted by atomic mass is 10.1. The maximum absolute atomic E-state index is 10.8. The first-order valence-corrected chi connectivity index (χ1v) is 5.78. The lowest BCUT2D eigenvalue weighted by Gasteiger charge is -2.29. The topological polar surface area (TPSA) is 54.0 Å². The van der Waals surface area contributed by atoms with Crippen molar-refractivity contribution in [2.24, 2.45) is 0 Å². The Morgan fingerprint density at radius 3 is 2.67 bits per heavy atom. The number of hydrogen-bond donors (Lipinski definition) is 0. The van der Waals surface area contributed by atoms with Crippen LogP contribution in [0.25, 0.3) is 0 Å². The summed E-state index contributed by atoms with van der Waals surface area (Å²) in [7, 11) is 1.27. The summed E-state index contributed by atoms with van der Waals surface area (Å²) in [6.07, 6.45) is -0.992. The quantitative estimate of drug-likeness (QED) is 0.769. The van der Waals surface area contributed by atoms with Gasteiger partial charge < -0.3 is 18.9 Å². The van der Waals surface area contributed by atoms with Gasteiger partial charge in [0.2, 0.25) is 0 Å². The van der Waals surface area contributed by atoms with Crippen molar-refractivity contribution in [2.45, 2.75) is 12.2 Å². The van der Waals surface area contributed by atoms with Crippen molar-refractivity contribution in [3.05, 3.63) is 35.9 Å². The van der Waals surface area contributed by atoms with Crippen LogP contribution in [0.1, 0.15) is 11.7 Å². The normalized spacial score (nSPS) is 23.4. The average Bonchev–Trinajstić information content (AvgIpc) is 2.46. The lowest BCUT2D eigenvalue weighted by Crippen LogP contribution is -2.35. The van der Waals surface area contributed by atoms with Crippen molar-refractivity contribution in [3.63, 3.8) is 0 Å². The zero-order valence-electron chi connectivity index (χ0n) is 10.2. The van der Waals surface area contributed by atoms with E-state index in [-0.39, 0.29) is 18.8 Å². The van der Waals surface area contributed by atoms with Crippen molar-refractivity contribution >= 4 is 6.16 Å². The number of methoxy groups -OCH3 is 1. The minimum absolute atomic E-state index is 0.0550. The molecule has 2 atom stereocenters. The number of hydrogen-bond acceptors (Lipinski definition) is 5. The van der Waals surface area contributed by atoms with Crippen molar-refractivity contribution < 1.29 is 23.7 Å². The van der Waals surface area contributed by atoms with Crippen molar-refractivity contribution in [1.82, 2.24) is 0 Å². The monoisotopic (exact) mass is 252 g/mol. The van der Waals surface area contributed by atoms with Crippen LogP contribution >= 0.6 is 0 Å². The zero-order valence-corrected chi connectivity index (χ0v) is 10.2. The Morgan fingerprint density at radius 2 is 2.06 bits per heavy atom. The van der Waals surface area contributed by atoms with E-state index in [2.05, 4.69) is 4.74 Å². The third-order valence-electron chi connectivity index (χ3n) is 2.69. The average molecular weight is 252 g/mol. The molecule has 1 saturated heterocycles. The van der Waals surface area contributed by atoms with Crippen LogP contribution in [0.15, 0.2) is 30.3 Å². The van der Waals surface area contributed by atoms with Crippen LogP contribution in [0.2, 0.25) is 0 Å². The fourth-order valence-corrected chi connectivity index (χ4v) is 1.72. The molecule has 1 aliphatic heterocycles. The molecule has 0 radical (unpaired) electrons. The van der Waals surface area contributed by atoms with E-state index in [0.717, 1.165) is 5.56 Å². The minimum Gasteiger partial charge on any atom is -0.438 e. The summed E-state index contributed by atoms with van der Waals surface area (Å²) in [5.41, 5.74) is 1.09. The second-order valence-electron chi connectivity index (χ2n) is 3.95. The van der Waals surface area contributed by atoms with Crippen LogP contribution in [0.3, 0.4) is 0 Å². The van der Waals surface area contributed by atoms with Gasteiger partial charge in [-0.1, -0.05) is 30.3 Å². The largest absolute Gasteiger partial charge is 0.508 e. The Hall–Kier alpha value is -1.59. The highest BCUT2D eigenvalue weighted by Crippen LogP contribution is 2.22. The number of ether oxygens (including phenoxy) is 4. The van der Waals surface area contributed by atoms with E-state index in [1.807, 2.05) is 30.3 Å². The standard InChI is InChI=1S/C13H16O5/c1-15-13(14)18-8-11-7-17-12(9-16-11)10-5-3-2-4-6-10/h2-6,11-12H,7-9H2,1H3. The van der Waals surface area contributed by atoms with E-state index in [9.17, 15) is 4.79 Å². The zero-order chi connectivity index (χ0) is 12.8. The van der Waals surface area contributed by atoms with E-state index in [1.54, 1.807) is 0 Å². The molecule has 1 aliphatic rings. The molecule has 18 heavy (non-hydrogen) atoms. The third kappa shape index (κ3) is 3.45. The lowest BCUT2D eigenvalue weighted by molar-refractivity contribution is -0.149. The first kappa shape index (κ1) is 12.9. The van der Waals surface area contributed by atoms with Gasteiger partial charge in [0.1, 0.15) is 18.8 Å². The molecule has 1 aromatic rings. The van der Waals surface area contributed by atoms with Crippen molar-refractivity contribution in [3.8, 4) is 0 Å². The summed E-state index contributed by atoms with van der Waals surface area (Å²) in [6.45, 7) is 1.00. The van der Waals surface area contributed by atoms with E-state index in [1.165, 1.54) is 7.11 Å². The van der Waals surface area contributed by atoms with Crippen LogP contribution in [0.5, 0.6) is 0 Å². The Morgan fingerprint density at radius 1 is 1.28 bits per heavy atom. The predicted octanol–water partition coefficient (Wildman–Crippen LogP) is 1.93. The summed E-state index contributed by atoms with van der Waals surface area (Å²) in [5, 5.41) is 0. The van der Waals surface area contributed by atoms with Crippen LogP contribution in [-0.4, -0.2) is 39.2 Å². The van der Waals surface area contributed by atoms with Crippen LogP contribution in [-0.2, 0) is 18.9 Å². The molecule has 98 valence electrons. The number of benzene rings is 1. The molecule has 0 N–H and O–H groups in total. The predicted molar refractivity (Wildman–Crippen MR) is 63.2 cm³/mol. The molecular weight excluding hydrogens is 236 g/mol. The summed E-state index contributed by atoms with van der Waals surface area (Å²) in [5.74, 6) is 0. The van der Waals surface area contributed by atoms with E-state index in [4.69, 9.17) is 14.2 Å². The smallest absolute Gasteiger partial charge is 0.438 e. The van der Waals surface area contributed by atoms with E-state index < -0.39 is 6.16 Å². The van der Waals surface area contributed by atoms with Gasteiger partial charge in [-0.15, -0.1) is 0 Å². The molecule has 0 bridgehead atoms. The molecule has 5 nitrogen and oxygen atoms in total. The fraction of sp³-hybridized carbons (Fsp3) is 0.462. The molecule has 0 aliphatic carbocycles. The van der Waals surface area contributed by atoms with Crippen LogP contribution in [0.4, 0.5) is 4.79 Å². The molecule has 0 saturated carbocycles. The second-order valence-corrected chi connectivity index (χ2v) is 3.95. The fourth-order valence-electron chi connectivity index (χ4n) is 1.72. The maximum Gasteiger partial charge on any atom is 0.508 e. The second kappa shape index (κ2) is 6.37. The summed E-state index contributed by atoms with van der Waals surface area (Å²) < 4.78 is 20.4. The van der Waals surface area contributed by atoms with Crippen molar-refractivity contribution in [2.75, 3.05) is 26.9 Å². The maximum atomic E-state index is 10.8. The minimum atomic E-state index is -0.705. The molecular formula is C13H16O5. The molecule has 1 aromatic carbocycles. The highest BCUT2D eigenvalue weighted by Gasteiger charge is 2.24. The highest BCUT2D eigenvalue weighted by atomic mass is 16.7. The van der Waals surface area contributed by atoms with Gasteiger partial charge in [0.15, 0.2) is 0 Å². The Balaban J connectivity index is 1.76. The highest BCUT2D eigenvalue weighted by molar-refractivity contribution is 5.59. The number of rotatable bonds is 3. The molecule has 1 fully saturated rings. The molecule has 1 heterocycles. The molecule has 2 rings (SSSR count). The van der Waals surface area contributed by atoms with Gasteiger partial charge in [0, 0.05) is 0 Å². The van der Waals surface area contributed by atoms with Gasteiger partial charge in [-0.25, -0.2) is 4.79 Å². The molecule has 2 unspecified atom stereocenters. The molecule has 0 amide bonds. The Kier molecular flexibility index (Phi) is 4.55. The Bertz CT molecular complexity index is 370. The van der Waals surface area contributed by atoms with Gasteiger partial charge in [0.25, 0.3) is 0 Å². The first-order valence-electron chi connectivity index (χ1n) is 5.78. The van der Waals surface area contributed by atoms with Gasteiger partial charge in [-0.3, -0.25) is 0 Å². The van der Waals surface area contributed by atoms with Gasteiger partial charge in [-0.2, -0.15) is 0 Å². The summed E-state index contributed by atoms with van der Waals surface area (Å²) in [6, 6.07) is 9.88. The summed E-state index contributed by atoms with van der Waals surface area (Å²) >= 11 is 0. The van der Waals surface area contributed by atoms with Gasteiger partial charge in [0.05, 0.1) is 20.3 Å². The van der Waals surface area contributed by atoms with Crippen LogP contribution < -0.4 is 0 Å². The molecule has 5 heteroatoms. The van der Waals surface area contributed by atoms with E-state index in [0.29, 0.717) is 13.2 Å². The number of carbonyl (C=O) groups is 1. The van der Waals surface area contributed by atoms with Gasteiger partial charge in [-0.05, 0) is 5.56 Å². The molecule has 0 aromatic heterocycles. The van der Waals surface area contributed by atoms with Crippen LogP contribution in [0, 0.1) is 0 Å². The Labute approximate surface area is 106 Å². The van der Waals surface area contributed by atoms with Crippen molar-refractivity contribution in [1.29, 1.82) is 0 Å². The third-order valence-corrected chi connectivity index (χ3v) is 2.69. The van der Waals surface area contributed by atoms with E-state index >= 15 is 0 Å². The SMILES string of the molecule is COC(=O)OCC1COC(c2ccccc2)CO1. The number of carbonyl (C=O) groups excluding carboxylic acids is 1. The first-order chi connectivity index (χ1) is 8.79. The van der Waals surface area contributed by atoms with Gasteiger partial charge >= 0.3 is 6.16 Å². The summed E-state index contributed by atoms with van der Waals surface area (Å²) in [4.78, 5) is 10.8. The molecule has 0 spiro atoms.